The van der Waals surface area contributed by atoms with Crippen molar-refractivity contribution in [1.82, 2.24) is 14.6 Å². The fourth-order valence-electron chi connectivity index (χ4n) is 3.62. The zero-order chi connectivity index (χ0) is 18.3. The van der Waals surface area contributed by atoms with Gasteiger partial charge in [0.25, 0.3) is 0 Å². The molecule has 1 fully saturated rings. The van der Waals surface area contributed by atoms with Crippen molar-refractivity contribution in [1.29, 1.82) is 0 Å². The molecule has 3 heterocycles. The van der Waals surface area contributed by atoms with Crippen LogP contribution in [0.3, 0.4) is 0 Å². The van der Waals surface area contributed by atoms with Crippen molar-refractivity contribution in [3.63, 3.8) is 0 Å². The Morgan fingerprint density at radius 2 is 1.73 bits per heavy atom. The van der Waals surface area contributed by atoms with E-state index >= 15 is 0 Å². The molecule has 3 aromatic rings. The summed E-state index contributed by atoms with van der Waals surface area (Å²) in [5.41, 5.74) is 4.34. The number of benzene rings is 1. The van der Waals surface area contributed by atoms with E-state index in [0.717, 1.165) is 35.9 Å². The van der Waals surface area contributed by atoms with Gasteiger partial charge in [0.15, 0.2) is 5.65 Å². The van der Waals surface area contributed by atoms with Crippen LogP contribution in [-0.2, 0) is 5.41 Å². The van der Waals surface area contributed by atoms with Crippen LogP contribution in [0, 0.1) is 5.92 Å². The summed E-state index contributed by atoms with van der Waals surface area (Å²) in [5, 5.41) is 4.72. The minimum Gasteiger partial charge on any atom is -0.356 e. The van der Waals surface area contributed by atoms with Crippen LogP contribution in [0.25, 0.3) is 16.8 Å². The van der Waals surface area contributed by atoms with Gasteiger partial charge in [-0.25, -0.2) is 4.98 Å². The van der Waals surface area contributed by atoms with Crippen LogP contribution >= 0.6 is 0 Å². The summed E-state index contributed by atoms with van der Waals surface area (Å²) in [7, 11) is 0. The third-order valence-corrected chi connectivity index (χ3v) is 5.41. The Balaban J connectivity index is 1.89. The molecule has 4 heteroatoms. The first-order valence-electron chi connectivity index (χ1n) is 9.63. The van der Waals surface area contributed by atoms with Gasteiger partial charge in [-0.2, -0.15) is 9.61 Å². The lowest BCUT2D eigenvalue weighted by Gasteiger charge is -2.33. The minimum absolute atomic E-state index is 0.00218. The quantitative estimate of drug-likeness (QED) is 0.658. The zero-order valence-electron chi connectivity index (χ0n) is 16.2. The SMILES string of the molecule is CC1CCN(c2cc(C(C)(C)C)nc3c(-c4ccccc4)cnn23)CC1. The second-order valence-electron chi connectivity index (χ2n) is 8.58. The standard InChI is InChI=1S/C22H28N4/c1-16-10-12-25(13-11-16)20-14-19(22(2,3)4)24-21-18(15-23-26(20)21)17-8-6-5-7-9-17/h5-9,14-16H,10-13H2,1-4H3. The van der Waals surface area contributed by atoms with Gasteiger partial charge in [-0.05, 0) is 24.3 Å². The van der Waals surface area contributed by atoms with Gasteiger partial charge in [0, 0.05) is 30.1 Å². The fourth-order valence-corrected chi connectivity index (χ4v) is 3.62. The molecule has 1 aromatic carbocycles. The van der Waals surface area contributed by atoms with Crippen LogP contribution in [0.5, 0.6) is 0 Å². The van der Waals surface area contributed by atoms with Crippen molar-refractivity contribution in [3.05, 3.63) is 48.3 Å². The summed E-state index contributed by atoms with van der Waals surface area (Å²) in [4.78, 5) is 7.50. The third-order valence-electron chi connectivity index (χ3n) is 5.41. The van der Waals surface area contributed by atoms with Crippen LogP contribution < -0.4 is 4.90 Å². The Hall–Kier alpha value is -2.36. The molecule has 0 saturated carbocycles. The molecule has 4 nitrogen and oxygen atoms in total. The van der Waals surface area contributed by atoms with E-state index in [9.17, 15) is 0 Å². The molecule has 1 aliphatic heterocycles. The Labute approximate surface area is 155 Å². The number of fused-ring (bicyclic) bond motifs is 1. The summed E-state index contributed by atoms with van der Waals surface area (Å²) in [6, 6.07) is 12.7. The molecule has 0 amide bonds. The molecule has 1 saturated heterocycles. The Bertz CT molecular complexity index is 897. The Morgan fingerprint density at radius 3 is 2.38 bits per heavy atom. The number of hydrogen-bond donors (Lipinski definition) is 0. The molecule has 26 heavy (non-hydrogen) atoms. The molecule has 0 radical (unpaired) electrons. The number of rotatable bonds is 2. The summed E-state index contributed by atoms with van der Waals surface area (Å²) in [6.45, 7) is 11.2. The highest BCUT2D eigenvalue weighted by Crippen LogP contribution is 2.32. The molecule has 0 N–H and O–H groups in total. The first-order chi connectivity index (χ1) is 12.4. The van der Waals surface area contributed by atoms with Gasteiger partial charge in [-0.15, -0.1) is 0 Å². The number of piperidine rings is 1. The average Bonchev–Trinajstić information content (AvgIpc) is 3.06. The Kier molecular flexibility index (Phi) is 4.22. The van der Waals surface area contributed by atoms with Gasteiger partial charge >= 0.3 is 0 Å². The molecule has 0 spiro atoms. The predicted molar refractivity (Wildman–Crippen MR) is 108 cm³/mol. The molecular formula is C22H28N4. The van der Waals surface area contributed by atoms with Gasteiger partial charge in [-0.1, -0.05) is 58.0 Å². The van der Waals surface area contributed by atoms with Crippen molar-refractivity contribution in [2.24, 2.45) is 5.92 Å². The lowest BCUT2D eigenvalue weighted by molar-refractivity contribution is 0.434. The second kappa shape index (κ2) is 6.42. The molecule has 2 aromatic heterocycles. The van der Waals surface area contributed by atoms with Gasteiger partial charge in [0.1, 0.15) is 5.82 Å². The molecule has 0 aliphatic carbocycles. The summed E-state index contributed by atoms with van der Waals surface area (Å²) < 4.78 is 2.04. The van der Waals surface area contributed by atoms with Crippen molar-refractivity contribution < 1.29 is 0 Å². The summed E-state index contributed by atoms with van der Waals surface area (Å²) in [6.07, 6.45) is 4.43. The van der Waals surface area contributed by atoms with E-state index in [0.29, 0.717) is 0 Å². The van der Waals surface area contributed by atoms with Crippen molar-refractivity contribution in [2.45, 2.75) is 46.0 Å². The summed E-state index contributed by atoms with van der Waals surface area (Å²) in [5.74, 6) is 1.98. The molecule has 136 valence electrons. The third kappa shape index (κ3) is 3.09. The molecule has 0 bridgehead atoms. The maximum atomic E-state index is 5.03. The van der Waals surface area contributed by atoms with Crippen molar-refractivity contribution in [3.8, 4) is 11.1 Å². The fraction of sp³-hybridized carbons (Fsp3) is 0.455. The number of aromatic nitrogens is 3. The van der Waals surface area contributed by atoms with Crippen molar-refractivity contribution in [2.75, 3.05) is 18.0 Å². The minimum atomic E-state index is -0.00218. The first-order valence-corrected chi connectivity index (χ1v) is 9.63. The topological polar surface area (TPSA) is 33.4 Å². The highest BCUT2D eigenvalue weighted by Gasteiger charge is 2.24. The van der Waals surface area contributed by atoms with E-state index in [4.69, 9.17) is 10.1 Å². The first kappa shape index (κ1) is 17.1. The van der Waals surface area contributed by atoms with Crippen LogP contribution in [-0.4, -0.2) is 27.7 Å². The lowest BCUT2D eigenvalue weighted by atomic mass is 9.91. The molecule has 4 rings (SSSR count). The highest BCUT2D eigenvalue weighted by molar-refractivity contribution is 5.78. The van der Waals surface area contributed by atoms with E-state index in [1.54, 1.807) is 0 Å². The maximum absolute atomic E-state index is 5.03. The molecule has 1 aliphatic rings. The van der Waals surface area contributed by atoms with Gasteiger partial charge in [0.05, 0.1) is 11.9 Å². The maximum Gasteiger partial charge on any atom is 0.165 e. The highest BCUT2D eigenvalue weighted by atomic mass is 15.3. The smallest absolute Gasteiger partial charge is 0.165 e. The summed E-state index contributed by atoms with van der Waals surface area (Å²) >= 11 is 0. The lowest BCUT2D eigenvalue weighted by Crippen LogP contribution is -2.34. The van der Waals surface area contributed by atoms with Crippen molar-refractivity contribution >= 4 is 11.5 Å². The largest absolute Gasteiger partial charge is 0.356 e. The van der Waals surface area contributed by atoms with Gasteiger partial charge < -0.3 is 4.90 Å². The van der Waals surface area contributed by atoms with Gasteiger partial charge in [0.2, 0.25) is 0 Å². The molecule has 0 unspecified atom stereocenters. The normalized spacial score (nSPS) is 16.4. The molecule has 0 atom stereocenters. The number of nitrogens with zero attached hydrogens (tertiary/aromatic N) is 4. The van der Waals surface area contributed by atoms with E-state index in [1.165, 1.54) is 24.2 Å². The van der Waals surface area contributed by atoms with Gasteiger partial charge in [-0.3, -0.25) is 0 Å². The monoisotopic (exact) mass is 348 g/mol. The average molecular weight is 348 g/mol. The molecular weight excluding hydrogens is 320 g/mol. The number of hydrogen-bond acceptors (Lipinski definition) is 3. The van der Waals surface area contributed by atoms with Crippen LogP contribution in [0.4, 0.5) is 5.82 Å². The van der Waals surface area contributed by atoms with E-state index < -0.39 is 0 Å². The van der Waals surface area contributed by atoms with Crippen LogP contribution in [0.2, 0.25) is 0 Å². The zero-order valence-corrected chi connectivity index (χ0v) is 16.2. The van der Waals surface area contributed by atoms with Crippen LogP contribution in [0.15, 0.2) is 42.6 Å². The predicted octanol–water partition coefficient (Wildman–Crippen LogP) is 4.93. The van der Waals surface area contributed by atoms with E-state index in [1.807, 2.05) is 16.8 Å². The van der Waals surface area contributed by atoms with E-state index in [2.05, 4.69) is 62.9 Å². The second-order valence-corrected chi connectivity index (χ2v) is 8.58. The Morgan fingerprint density at radius 1 is 1.04 bits per heavy atom. The number of anilines is 1. The van der Waals surface area contributed by atoms with E-state index in [-0.39, 0.29) is 5.41 Å². The van der Waals surface area contributed by atoms with Crippen LogP contribution in [0.1, 0.15) is 46.2 Å².